The zero-order chi connectivity index (χ0) is 13.4. The minimum absolute atomic E-state index is 0.0878. The summed E-state index contributed by atoms with van der Waals surface area (Å²) >= 11 is 0. The van der Waals surface area contributed by atoms with Crippen LogP contribution in [0.4, 0.5) is 9.18 Å². The SMILES string of the molecule is CCCCNC(=O)N(CC)Cc1cccc(F)c1. The first-order valence-corrected chi connectivity index (χ1v) is 6.44. The summed E-state index contributed by atoms with van der Waals surface area (Å²) in [5, 5.41) is 2.86. The summed E-state index contributed by atoms with van der Waals surface area (Å²) in [6, 6.07) is 6.26. The lowest BCUT2D eigenvalue weighted by Gasteiger charge is -2.21. The molecule has 0 bridgehead atoms. The lowest BCUT2D eigenvalue weighted by molar-refractivity contribution is 0.198. The quantitative estimate of drug-likeness (QED) is 0.775. The lowest BCUT2D eigenvalue weighted by Crippen LogP contribution is -2.39. The Morgan fingerprint density at radius 1 is 1.39 bits per heavy atom. The highest BCUT2D eigenvalue weighted by atomic mass is 19.1. The van der Waals surface area contributed by atoms with E-state index < -0.39 is 0 Å². The number of benzene rings is 1. The molecule has 1 N–H and O–H groups in total. The molecule has 4 heteroatoms. The van der Waals surface area contributed by atoms with E-state index >= 15 is 0 Å². The summed E-state index contributed by atoms with van der Waals surface area (Å²) in [4.78, 5) is 13.5. The molecule has 1 aromatic rings. The first kappa shape index (κ1) is 14.5. The number of hydrogen-bond acceptors (Lipinski definition) is 1. The van der Waals surface area contributed by atoms with Crippen molar-refractivity contribution in [2.24, 2.45) is 0 Å². The van der Waals surface area contributed by atoms with Crippen LogP contribution < -0.4 is 5.32 Å². The van der Waals surface area contributed by atoms with Gasteiger partial charge in [0.05, 0.1) is 0 Å². The largest absolute Gasteiger partial charge is 0.338 e. The average Bonchev–Trinajstić information content (AvgIpc) is 2.36. The molecule has 0 atom stereocenters. The van der Waals surface area contributed by atoms with Gasteiger partial charge in [-0.05, 0) is 31.0 Å². The second-order valence-corrected chi connectivity index (χ2v) is 4.23. The highest BCUT2D eigenvalue weighted by molar-refractivity contribution is 5.74. The molecule has 18 heavy (non-hydrogen) atoms. The summed E-state index contributed by atoms with van der Waals surface area (Å²) in [7, 11) is 0. The van der Waals surface area contributed by atoms with Crippen LogP contribution in [0.3, 0.4) is 0 Å². The van der Waals surface area contributed by atoms with Crippen LogP contribution in [-0.4, -0.2) is 24.0 Å². The summed E-state index contributed by atoms with van der Waals surface area (Å²) in [6.45, 7) is 5.73. The first-order chi connectivity index (χ1) is 8.67. The molecule has 0 aromatic heterocycles. The molecule has 3 nitrogen and oxygen atoms in total. The Bertz CT molecular complexity index is 382. The third-order valence-electron chi connectivity index (χ3n) is 2.74. The molecule has 0 radical (unpaired) electrons. The van der Waals surface area contributed by atoms with E-state index in [0.29, 0.717) is 19.6 Å². The van der Waals surface area contributed by atoms with E-state index in [1.54, 1.807) is 11.0 Å². The normalized spacial score (nSPS) is 10.2. The van der Waals surface area contributed by atoms with Crippen LogP contribution >= 0.6 is 0 Å². The molecule has 100 valence electrons. The molecule has 0 heterocycles. The van der Waals surface area contributed by atoms with Crippen molar-refractivity contribution in [1.82, 2.24) is 10.2 Å². The molecule has 0 spiro atoms. The van der Waals surface area contributed by atoms with Crippen LogP contribution in [0.15, 0.2) is 24.3 Å². The van der Waals surface area contributed by atoms with Crippen molar-refractivity contribution >= 4 is 6.03 Å². The van der Waals surface area contributed by atoms with Crippen molar-refractivity contribution in [3.05, 3.63) is 35.6 Å². The van der Waals surface area contributed by atoms with Gasteiger partial charge in [0.2, 0.25) is 0 Å². The Hall–Kier alpha value is -1.58. The third kappa shape index (κ3) is 4.73. The Labute approximate surface area is 108 Å². The molecule has 1 rings (SSSR count). The molecule has 0 unspecified atom stereocenters. The molecule has 1 aromatic carbocycles. The number of unbranched alkanes of at least 4 members (excludes halogenated alkanes) is 1. The molecule has 0 saturated heterocycles. The van der Waals surface area contributed by atoms with Gasteiger partial charge in [-0.2, -0.15) is 0 Å². The summed E-state index contributed by atoms with van der Waals surface area (Å²) in [5.41, 5.74) is 0.808. The fourth-order valence-electron chi connectivity index (χ4n) is 1.67. The fourth-order valence-corrected chi connectivity index (χ4v) is 1.67. The van der Waals surface area contributed by atoms with Crippen molar-refractivity contribution in [2.75, 3.05) is 13.1 Å². The number of carbonyl (C=O) groups excluding carboxylic acids is 1. The average molecular weight is 252 g/mol. The Balaban J connectivity index is 2.53. The minimum atomic E-state index is -0.269. The van der Waals surface area contributed by atoms with Crippen molar-refractivity contribution in [3.8, 4) is 0 Å². The van der Waals surface area contributed by atoms with Gasteiger partial charge >= 0.3 is 6.03 Å². The van der Waals surface area contributed by atoms with Crippen molar-refractivity contribution in [3.63, 3.8) is 0 Å². The van der Waals surface area contributed by atoms with Crippen LogP contribution in [0.5, 0.6) is 0 Å². The van der Waals surface area contributed by atoms with E-state index in [2.05, 4.69) is 12.2 Å². The Kier molecular flexibility index (Phi) is 6.19. The summed E-state index contributed by atoms with van der Waals surface area (Å²) in [5.74, 6) is -0.269. The van der Waals surface area contributed by atoms with E-state index in [4.69, 9.17) is 0 Å². The molecular weight excluding hydrogens is 231 g/mol. The maximum atomic E-state index is 13.1. The third-order valence-corrected chi connectivity index (χ3v) is 2.74. The van der Waals surface area contributed by atoms with E-state index in [0.717, 1.165) is 18.4 Å². The maximum Gasteiger partial charge on any atom is 0.317 e. The fraction of sp³-hybridized carbons (Fsp3) is 0.500. The van der Waals surface area contributed by atoms with Gasteiger partial charge in [-0.3, -0.25) is 0 Å². The molecule has 0 aliphatic rings. The molecule has 2 amide bonds. The second kappa shape index (κ2) is 7.69. The number of rotatable bonds is 6. The zero-order valence-corrected chi connectivity index (χ0v) is 11.1. The molecule has 0 saturated carbocycles. The monoisotopic (exact) mass is 252 g/mol. The molecule has 0 aliphatic heterocycles. The van der Waals surface area contributed by atoms with Gasteiger partial charge in [0.1, 0.15) is 5.82 Å². The van der Waals surface area contributed by atoms with Gasteiger partial charge in [-0.25, -0.2) is 9.18 Å². The highest BCUT2D eigenvalue weighted by Gasteiger charge is 2.11. The van der Waals surface area contributed by atoms with Crippen molar-refractivity contribution in [1.29, 1.82) is 0 Å². The summed E-state index contributed by atoms with van der Waals surface area (Å²) in [6.07, 6.45) is 2.03. The van der Waals surface area contributed by atoms with Gasteiger partial charge in [0.25, 0.3) is 0 Å². The van der Waals surface area contributed by atoms with Crippen LogP contribution in [-0.2, 0) is 6.54 Å². The predicted octanol–water partition coefficient (Wildman–Crippen LogP) is 3.16. The van der Waals surface area contributed by atoms with Crippen LogP contribution in [0.1, 0.15) is 32.3 Å². The predicted molar refractivity (Wildman–Crippen MR) is 70.8 cm³/mol. The van der Waals surface area contributed by atoms with Gasteiger partial charge < -0.3 is 10.2 Å². The second-order valence-electron chi connectivity index (χ2n) is 4.23. The van der Waals surface area contributed by atoms with Gasteiger partial charge in [-0.15, -0.1) is 0 Å². The topological polar surface area (TPSA) is 32.3 Å². The van der Waals surface area contributed by atoms with Crippen LogP contribution in [0, 0.1) is 5.82 Å². The van der Waals surface area contributed by atoms with Crippen LogP contribution in [0.2, 0.25) is 0 Å². The standard InChI is InChI=1S/C14H21FN2O/c1-3-5-9-16-14(18)17(4-2)11-12-7-6-8-13(15)10-12/h6-8,10H,3-5,9,11H2,1-2H3,(H,16,18). The number of hydrogen-bond donors (Lipinski definition) is 1. The number of nitrogens with one attached hydrogen (secondary N) is 1. The van der Waals surface area contributed by atoms with Crippen molar-refractivity contribution < 1.29 is 9.18 Å². The van der Waals surface area contributed by atoms with E-state index in [1.165, 1.54) is 12.1 Å². The molecule has 0 aliphatic carbocycles. The smallest absolute Gasteiger partial charge is 0.317 e. The summed E-state index contributed by atoms with van der Waals surface area (Å²) < 4.78 is 13.1. The van der Waals surface area contributed by atoms with Gasteiger partial charge in [0, 0.05) is 19.6 Å². The lowest BCUT2D eigenvalue weighted by atomic mass is 10.2. The number of amides is 2. The molecule has 0 fully saturated rings. The Morgan fingerprint density at radius 2 is 2.17 bits per heavy atom. The molecular formula is C14H21FN2O. The highest BCUT2D eigenvalue weighted by Crippen LogP contribution is 2.07. The van der Waals surface area contributed by atoms with Gasteiger partial charge in [-0.1, -0.05) is 25.5 Å². The maximum absolute atomic E-state index is 13.1. The van der Waals surface area contributed by atoms with Crippen molar-refractivity contribution in [2.45, 2.75) is 33.2 Å². The van der Waals surface area contributed by atoms with E-state index in [1.807, 2.05) is 13.0 Å². The first-order valence-electron chi connectivity index (χ1n) is 6.44. The number of urea groups is 1. The van der Waals surface area contributed by atoms with E-state index in [9.17, 15) is 9.18 Å². The zero-order valence-electron chi connectivity index (χ0n) is 11.1. The minimum Gasteiger partial charge on any atom is -0.338 e. The number of carbonyl (C=O) groups is 1. The number of halogens is 1. The van der Waals surface area contributed by atoms with E-state index in [-0.39, 0.29) is 11.8 Å². The van der Waals surface area contributed by atoms with Gasteiger partial charge in [0.15, 0.2) is 0 Å². The van der Waals surface area contributed by atoms with Crippen LogP contribution in [0.25, 0.3) is 0 Å². The Morgan fingerprint density at radius 3 is 2.78 bits per heavy atom. The number of nitrogens with zero attached hydrogens (tertiary/aromatic N) is 1.